The van der Waals surface area contributed by atoms with Gasteiger partial charge >= 0.3 is 0 Å². The van der Waals surface area contributed by atoms with E-state index in [1.807, 2.05) is 56.3 Å². The number of rotatable bonds is 12. The molecule has 2 aliphatic heterocycles. The summed E-state index contributed by atoms with van der Waals surface area (Å²) in [4.78, 5) is 13.5. The van der Waals surface area contributed by atoms with Gasteiger partial charge in [-0.2, -0.15) is 5.26 Å². The maximum atomic E-state index is 13.7. The fraction of sp³-hybridized carbons (Fsp3) is 0.588. The van der Waals surface area contributed by atoms with E-state index in [1.54, 1.807) is 13.0 Å². The van der Waals surface area contributed by atoms with Gasteiger partial charge in [-0.1, -0.05) is 37.3 Å². The van der Waals surface area contributed by atoms with E-state index >= 15 is 0 Å². The summed E-state index contributed by atoms with van der Waals surface area (Å²) in [6.07, 6.45) is -2.78. The summed E-state index contributed by atoms with van der Waals surface area (Å²) in [7, 11) is 0. The number of halogens is 2. The maximum absolute atomic E-state index is 13.7. The Labute approximate surface area is 263 Å². The van der Waals surface area contributed by atoms with Crippen LogP contribution in [-0.2, 0) is 22.4 Å². The summed E-state index contributed by atoms with van der Waals surface area (Å²) in [6.45, 7) is 7.23. The summed E-state index contributed by atoms with van der Waals surface area (Å²) in [5.41, 5.74) is 3.64. The number of alkyl halides is 2. The van der Waals surface area contributed by atoms with Crippen molar-refractivity contribution in [2.24, 2.45) is 0 Å². The molecule has 2 aliphatic rings. The van der Waals surface area contributed by atoms with Crippen LogP contribution in [0.2, 0.25) is 0 Å². The summed E-state index contributed by atoms with van der Waals surface area (Å²) in [5, 5.41) is 43.2. The number of aliphatic hydroxyl groups is 3. The number of hydrogen-bond donors (Lipinski definition) is 4. The van der Waals surface area contributed by atoms with Crippen LogP contribution in [0.15, 0.2) is 42.5 Å². The zero-order valence-corrected chi connectivity index (χ0v) is 26.4. The van der Waals surface area contributed by atoms with Crippen molar-refractivity contribution in [1.82, 2.24) is 10.2 Å². The molecule has 2 fully saturated rings. The van der Waals surface area contributed by atoms with Gasteiger partial charge in [0.1, 0.15) is 36.2 Å². The van der Waals surface area contributed by atoms with Gasteiger partial charge in [-0.05, 0) is 80.8 Å². The molecule has 45 heavy (non-hydrogen) atoms. The molecule has 2 aromatic carbocycles. The molecule has 2 aromatic rings. The molecule has 246 valence electrons. The first-order valence-corrected chi connectivity index (χ1v) is 15.6. The zero-order valence-electron chi connectivity index (χ0n) is 26.4. The second-order valence-corrected chi connectivity index (χ2v) is 12.9. The first kappa shape index (κ1) is 34.7. The van der Waals surface area contributed by atoms with Gasteiger partial charge < -0.3 is 35.0 Å². The second kappa shape index (κ2) is 14.5. The molecular formula is C34H45F2N3O6. The average Bonchev–Trinajstić information content (AvgIpc) is 3.34. The Kier molecular flexibility index (Phi) is 11.2. The number of nitrogens with zero attached hydrogens (tertiary/aromatic N) is 2. The van der Waals surface area contributed by atoms with Crippen LogP contribution >= 0.6 is 0 Å². The number of ether oxygens (including phenoxy) is 2. The lowest BCUT2D eigenvalue weighted by Gasteiger charge is -2.39. The Bertz CT molecular complexity index is 1350. The molecule has 1 amide bonds. The Morgan fingerprint density at radius 3 is 2.51 bits per heavy atom. The monoisotopic (exact) mass is 629 g/mol. The highest BCUT2D eigenvalue weighted by atomic mass is 19.3. The van der Waals surface area contributed by atoms with Crippen LogP contribution in [-0.4, -0.2) is 87.7 Å². The SMILES string of the molecule is CCc1ccc([C@@H]2O[C@H](C)[C@@H](O)[C@H](O)[C@H]2O)cc1Cc1ccc(OCCCC(C)(C)NCC(=O)N2CC(F)(F)C[C@H]2C#N)cc1. The second-order valence-electron chi connectivity index (χ2n) is 12.9. The van der Waals surface area contributed by atoms with Gasteiger partial charge in [-0.25, -0.2) is 8.78 Å². The Balaban J connectivity index is 1.26. The molecule has 4 rings (SSSR count). The third-order valence-corrected chi connectivity index (χ3v) is 8.78. The summed E-state index contributed by atoms with van der Waals surface area (Å²) in [5.74, 6) is -2.81. The zero-order chi connectivity index (χ0) is 32.9. The summed E-state index contributed by atoms with van der Waals surface area (Å²) < 4.78 is 39.2. The van der Waals surface area contributed by atoms with Crippen LogP contribution < -0.4 is 10.1 Å². The lowest BCUT2D eigenvalue weighted by Crippen LogP contribution is -2.53. The van der Waals surface area contributed by atoms with E-state index in [-0.39, 0.29) is 6.54 Å². The highest BCUT2D eigenvalue weighted by Gasteiger charge is 2.47. The Morgan fingerprint density at radius 1 is 1.13 bits per heavy atom. The van der Waals surface area contributed by atoms with E-state index in [0.29, 0.717) is 25.9 Å². The van der Waals surface area contributed by atoms with Crippen LogP contribution in [0, 0.1) is 11.3 Å². The minimum atomic E-state index is -3.03. The van der Waals surface area contributed by atoms with Gasteiger partial charge in [0, 0.05) is 12.0 Å². The van der Waals surface area contributed by atoms with Crippen LogP contribution in [0.3, 0.4) is 0 Å². The van der Waals surface area contributed by atoms with Gasteiger partial charge in [0.05, 0.1) is 31.9 Å². The van der Waals surface area contributed by atoms with E-state index in [0.717, 1.165) is 33.8 Å². The normalized spacial score (nSPS) is 26.4. The predicted octanol–water partition coefficient (Wildman–Crippen LogP) is 3.67. The number of likely N-dealkylation sites (tertiary alicyclic amines) is 1. The molecule has 2 heterocycles. The lowest BCUT2D eigenvalue weighted by atomic mass is 9.88. The van der Waals surface area contributed by atoms with E-state index in [2.05, 4.69) is 12.2 Å². The summed E-state index contributed by atoms with van der Waals surface area (Å²) in [6, 6.07) is 14.4. The van der Waals surface area contributed by atoms with Gasteiger partial charge in [-0.15, -0.1) is 0 Å². The highest BCUT2D eigenvalue weighted by molar-refractivity contribution is 5.79. The number of aryl methyl sites for hydroxylation is 1. The molecule has 0 radical (unpaired) electrons. The molecule has 0 unspecified atom stereocenters. The molecule has 0 saturated carbocycles. The quantitative estimate of drug-likeness (QED) is 0.261. The van der Waals surface area contributed by atoms with Gasteiger partial charge in [-0.3, -0.25) is 4.79 Å². The molecule has 11 heteroatoms. The molecule has 0 bridgehead atoms. The first-order chi connectivity index (χ1) is 21.2. The number of amides is 1. The Hall–Kier alpha value is -3.14. The van der Waals surface area contributed by atoms with E-state index < -0.39 is 66.9 Å². The molecule has 2 saturated heterocycles. The van der Waals surface area contributed by atoms with Crippen LogP contribution in [0.25, 0.3) is 0 Å². The van der Waals surface area contributed by atoms with Crippen molar-refractivity contribution in [2.45, 2.75) is 108 Å². The summed E-state index contributed by atoms with van der Waals surface area (Å²) >= 11 is 0. The predicted molar refractivity (Wildman–Crippen MR) is 164 cm³/mol. The first-order valence-electron chi connectivity index (χ1n) is 15.6. The standard InChI is InChI=1S/C34H45F2N3O6/c1-5-23-9-10-24(32-31(43)30(42)29(41)21(2)45-32)16-25(23)15-22-7-11-27(12-8-22)44-14-6-13-33(3,4)38-19-28(40)39-20-34(35,36)17-26(39)18-37/h7-12,16,21,26,29-32,38,41-43H,5-6,13-15,17,19-20H2,1-4H3/t21-,26+,29-,30+,31-,32+/m1/s1. The minimum absolute atomic E-state index is 0.120. The maximum Gasteiger partial charge on any atom is 0.268 e. The number of nitriles is 1. The van der Waals surface area contributed by atoms with Crippen molar-refractivity contribution in [3.8, 4) is 11.8 Å². The third-order valence-electron chi connectivity index (χ3n) is 8.78. The molecule has 4 N–H and O–H groups in total. The molecule has 0 aromatic heterocycles. The van der Waals surface area contributed by atoms with E-state index in [4.69, 9.17) is 14.7 Å². The van der Waals surface area contributed by atoms with Gasteiger partial charge in [0.15, 0.2) is 0 Å². The minimum Gasteiger partial charge on any atom is -0.494 e. The number of benzene rings is 2. The fourth-order valence-electron chi connectivity index (χ4n) is 5.99. The molecular weight excluding hydrogens is 584 g/mol. The molecule has 0 aliphatic carbocycles. The largest absolute Gasteiger partial charge is 0.494 e. The van der Waals surface area contributed by atoms with Gasteiger partial charge in [0.25, 0.3) is 5.92 Å². The fourth-order valence-corrected chi connectivity index (χ4v) is 5.99. The smallest absolute Gasteiger partial charge is 0.268 e. The molecule has 0 spiro atoms. The number of aliphatic hydroxyl groups excluding tert-OH is 3. The van der Waals surface area contributed by atoms with Crippen LogP contribution in [0.4, 0.5) is 8.78 Å². The van der Waals surface area contributed by atoms with Gasteiger partial charge in [0.2, 0.25) is 5.91 Å². The molecule has 6 atom stereocenters. The number of hydrogen-bond acceptors (Lipinski definition) is 8. The topological polar surface area (TPSA) is 135 Å². The van der Waals surface area contributed by atoms with E-state index in [1.165, 1.54) is 5.56 Å². The average molecular weight is 630 g/mol. The van der Waals surface area contributed by atoms with Crippen molar-refractivity contribution in [2.75, 3.05) is 19.7 Å². The van der Waals surface area contributed by atoms with Crippen LogP contribution in [0.1, 0.15) is 75.3 Å². The van der Waals surface area contributed by atoms with Crippen molar-refractivity contribution >= 4 is 5.91 Å². The van der Waals surface area contributed by atoms with Crippen molar-refractivity contribution in [1.29, 1.82) is 5.26 Å². The number of carbonyl (C=O) groups is 1. The number of carbonyl (C=O) groups excluding carboxylic acids is 1. The molecule has 9 nitrogen and oxygen atoms in total. The van der Waals surface area contributed by atoms with Crippen molar-refractivity contribution in [3.63, 3.8) is 0 Å². The Morgan fingerprint density at radius 2 is 1.84 bits per heavy atom. The van der Waals surface area contributed by atoms with Crippen molar-refractivity contribution in [3.05, 3.63) is 64.7 Å². The number of nitrogens with one attached hydrogen (secondary N) is 1. The van der Waals surface area contributed by atoms with Crippen LogP contribution in [0.5, 0.6) is 5.75 Å². The highest BCUT2D eigenvalue weighted by Crippen LogP contribution is 2.34. The third kappa shape index (κ3) is 8.77. The lowest BCUT2D eigenvalue weighted by molar-refractivity contribution is -0.219. The van der Waals surface area contributed by atoms with E-state index in [9.17, 15) is 28.9 Å². The van der Waals surface area contributed by atoms with Crippen molar-refractivity contribution < 1.29 is 38.4 Å².